The lowest BCUT2D eigenvalue weighted by atomic mass is 10.0. The maximum absolute atomic E-state index is 13.5. The van der Waals surface area contributed by atoms with Crippen molar-refractivity contribution in [3.8, 4) is 0 Å². The van der Waals surface area contributed by atoms with Crippen molar-refractivity contribution in [1.29, 1.82) is 0 Å². The van der Waals surface area contributed by atoms with E-state index in [9.17, 15) is 9.50 Å². The maximum atomic E-state index is 13.5. The van der Waals surface area contributed by atoms with Gasteiger partial charge in [0.25, 0.3) is 0 Å². The molecule has 2 N–H and O–H groups in total. The van der Waals surface area contributed by atoms with Crippen LogP contribution in [0.2, 0.25) is 0 Å². The molecule has 1 saturated heterocycles. The van der Waals surface area contributed by atoms with E-state index in [2.05, 4.69) is 17.1 Å². The van der Waals surface area contributed by atoms with Crippen molar-refractivity contribution in [3.05, 3.63) is 29.6 Å². The topological polar surface area (TPSA) is 35.5 Å². The number of aliphatic hydroxyl groups excluding tert-OH is 1. The highest BCUT2D eigenvalue weighted by atomic mass is 19.1. The van der Waals surface area contributed by atoms with Gasteiger partial charge in [-0.05, 0) is 50.1 Å². The number of anilines is 1. The summed E-state index contributed by atoms with van der Waals surface area (Å²) in [6.45, 7) is 7.38. The summed E-state index contributed by atoms with van der Waals surface area (Å²) in [6, 6.07) is 5.00. The fourth-order valence-corrected chi connectivity index (χ4v) is 2.80. The molecule has 1 aliphatic rings. The minimum atomic E-state index is -0.276. The molecule has 1 heterocycles. The van der Waals surface area contributed by atoms with Gasteiger partial charge in [-0.25, -0.2) is 4.39 Å². The van der Waals surface area contributed by atoms with Crippen molar-refractivity contribution in [3.63, 3.8) is 0 Å². The second-order valence-electron chi connectivity index (χ2n) is 5.69. The molecule has 1 aliphatic heterocycles. The van der Waals surface area contributed by atoms with Crippen LogP contribution in [0.3, 0.4) is 0 Å². The average molecular weight is 280 g/mol. The van der Waals surface area contributed by atoms with Crippen molar-refractivity contribution in [1.82, 2.24) is 5.32 Å². The highest BCUT2D eigenvalue weighted by Gasteiger charge is 2.27. The summed E-state index contributed by atoms with van der Waals surface area (Å²) < 4.78 is 13.5. The van der Waals surface area contributed by atoms with Gasteiger partial charge in [0.2, 0.25) is 0 Å². The van der Waals surface area contributed by atoms with Gasteiger partial charge in [-0.15, -0.1) is 0 Å². The Labute approximate surface area is 120 Å². The van der Waals surface area contributed by atoms with Gasteiger partial charge in [0.15, 0.2) is 0 Å². The lowest BCUT2D eigenvalue weighted by Gasteiger charge is -2.23. The SMILES string of the molecule is CCCNCc1cc(F)ccc1N1CCC(C(C)O)C1. The zero-order valence-electron chi connectivity index (χ0n) is 12.4. The third-order valence-electron chi connectivity index (χ3n) is 4.03. The van der Waals surface area contributed by atoms with Crippen LogP contribution in [0.5, 0.6) is 0 Å². The molecule has 1 aromatic carbocycles. The lowest BCUT2D eigenvalue weighted by Crippen LogP contribution is -2.26. The Morgan fingerprint density at radius 2 is 2.30 bits per heavy atom. The third kappa shape index (κ3) is 3.70. The van der Waals surface area contributed by atoms with Crippen molar-refractivity contribution >= 4 is 5.69 Å². The normalized spacial score (nSPS) is 20.4. The monoisotopic (exact) mass is 280 g/mol. The predicted molar refractivity (Wildman–Crippen MR) is 80.4 cm³/mol. The van der Waals surface area contributed by atoms with Crippen molar-refractivity contribution in [2.24, 2.45) is 5.92 Å². The van der Waals surface area contributed by atoms with Gasteiger partial charge in [-0.1, -0.05) is 6.92 Å². The molecule has 0 saturated carbocycles. The quantitative estimate of drug-likeness (QED) is 0.786. The highest BCUT2D eigenvalue weighted by molar-refractivity contribution is 5.54. The largest absolute Gasteiger partial charge is 0.393 e. The van der Waals surface area contributed by atoms with Gasteiger partial charge < -0.3 is 15.3 Å². The van der Waals surface area contributed by atoms with E-state index in [1.54, 1.807) is 6.07 Å². The maximum Gasteiger partial charge on any atom is 0.123 e. The first-order valence-electron chi connectivity index (χ1n) is 7.54. The number of nitrogens with zero attached hydrogens (tertiary/aromatic N) is 1. The number of hydrogen-bond donors (Lipinski definition) is 2. The van der Waals surface area contributed by atoms with E-state index in [4.69, 9.17) is 0 Å². The van der Waals surface area contributed by atoms with E-state index in [-0.39, 0.29) is 11.9 Å². The smallest absolute Gasteiger partial charge is 0.123 e. The van der Waals surface area contributed by atoms with Crippen molar-refractivity contribution in [2.45, 2.75) is 39.3 Å². The van der Waals surface area contributed by atoms with Crippen LogP contribution >= 0.6 is 0 Å². The zero-order valence-corrected chi connectivity index (χ0v) is 12.4. The van der Waals surface area contributed by atoms with Gasteiger partial charge in [0.05, 0.1) is 6.10 Å². The predicted octanol–water partition coefficient (Wildman–Crippen LogP) is 2.53. The molecule has 2 atom stereocenters. The van der Waals surface area contributed by atoms with Crippen LogP contribution < -0.4 is 10.2 Å². The molecular weight excluding hydrogens is 255 g/mol. The van der Waals surface area contributed by atoms with Crippen LogP contribution in [0, 0.1) is 11.7 Å². The summed E-state index contributed by atoms with van der Waals surface area (Å²) in [6.07, 6.45) is 1.79. The van der Waals surface area contributed by atoms with Crippen LogP contribution in [-0.2, 0) is 6.54 Å². The molecule has 4 heteroatoms. The first-order valence-corrected chi connectivity index (χ1v) is 7.54. The number of halogens is 1. The molecule has 1 fully saturated rings. The van der Waals surface area contributed by atoms with Crippen LogP contribution in [0.15, 0.2) is 18.2 Å². The molecule has 1 aromatic rings. The molecule has 112 valence electrons. The van der Waals surface area contributed by atoms with Crippen molar-refractivity contribution < 1.29 is 9.50 Å². The van der Waals surface area contributed by atoms with Gasteiger partial charge >= 0.3 is 0 Å². The van der Waals surface area contributed by atoms with E-state index in [0.29, 0.717) is 12.5 Å². The van der Waals surface area contributed by atoms with Gasteiger partial charge in [0, 0.05) is 31.2 Å². The van der Waals surface area contributed by atoms with Crippen LogP contribution in [0.1, 0.15) is 32.3 Å². The van der Waals surface area contributed by atoms with Crippen LogP contribution in [-0.4, -0.2) is 30.8 Å². The van der Waals surface area contributed by atoms with Gasteiger partial charge in [-0.2, -0.15) is 0 Å². The Bertz CT molecular complexity index is 436. The van der Waals surface area contributed by atoms with Crippen LogP contribution in [0.4, 0.5) is 10.1 Å². The van der Waals surface area contributed by atoms with Crippen LogP contribution in [0.25, 0.3) is 0 Å². The number of nitrogens with one attached hydrogen (secondary N) is 1. The number of benzene rings is 1. The molecule has 20 heavy (non-hydrogen) atoms. The third-order valence-corrected chi connectivity index (χ3v) is 4.03. The first-order chi connectivity index (χ1) is 9.61. The lowest BCUT2D eigenvalue weighted by molar-refractivity contribution is 0.136. The van der Waals surface area contributed by atoms with Crippen molar-refractivity contribution in [2.75, 3.05) is 24.5 Å². The summed E-state index contributed by atoms with van der Waals surface area (Å²) in [5, 5.41) is 13.0. The number of aliphatic hydroxyl groups is 1. The Morgan fingerprint density at radius 3 is 2.95 bits per heavy atom. The molecular formula is C16H25FN2O. The molecule has 0 bridgehead atoms. The van der Waals surface area contributed by atoms with E-state index < -0.39 is 0 Å². The van der Waals surface area contributed by atoms with E-state index in [0.717, 1.165) is 43.7 Å². The number of rotatable bonds is 6. The summed E-state index contributed by atoms with van der Waals surface area (Å²) in [5.41, 5.74) is 2.10. The molecule has 0 amide bonds. The molecule has 0 spiro atoms. The standard InChI is InChI=1S/C16H25FN2O/c1-3-7-18-10-14-9-15(17)4-5-16(14)19-8-6-13(11-19)12(2)20/h4-5,9,12-13,18,20H,3,6-8,10-11H2,1-2H3. The van der Waals surface area contributed by atoms with E-state index >= 15 is 0 Å². The average Bonchev–Trinajstić information content (AvgIpc) is 2.89. The molecule has 2 rings (SSSR count). The minimum absolute atomic E-state index is 0.187. The van der Waals surface area contributed by atoms with E-state index in [1.165, 1.54) is 6.07 Å². The fourth-order valence-electron chi connectivity index (χ4n) is 2.80. The Balaban J connectivity index is 2.10. The zero-order chi connectivity index (χ0) is 14.5. The van der Waals surface area contributed by atoms with Gasteiger partial charge in [0.1, 0.15) is 5.82 Å². The molecule has 0 radical (unpaired) electrons. The summed E-state index contributed by atoms with van der Waals surface area (Å²) in [5.74, 6) is 0.129. The molecule has 0 aliphatic carbocycles. The molecule has 2 unspecified atom stereocenters. The summed E-state index contributed by atoms with van der Waals surface area (Å²) in [7, 11) is 0. The molecule has 0 aromatic heterocycles. The van der Waals surface area contributed by atoms with Gasteiger partial charge in [-0.3, -0.25) is 0 Å². The minimum Gasteiger partial charge on any atom is -0.393 e. The Hall–Kier alpha value is -1.13. The highest BCUT2D eigenvalue weighted by Crippen LogP contribution is 2.29. The van der Waals surface area contributed by atoms with E-state index in [1.807, 2.05) is 13.0 Å². The second-order valence-corrected chi connectivity index (χ2v) is 5.69. The Morgan fingerprint density at radius 1 is 1.50 bits per heavy atom. The summed E-state index contributed by atoms with van der Waals surface area (Å²) in [4.78, 5) is 2.26. The molecule has 3 nitrogen and oxygen atoms in total. The Kier molecular flexibility index (Phi) is 5.38. The number of hydrogen-bond acceptors (Lipinski definition) is 3. The second kappa shape index (κ2) is 7.04. The first kappa shape index (κ1) is 15.3. The fraction of sp³-hybridized carbons (Fsp3) is 0.625. The summed E-state index contributed by atoms with van der Waals surface area (Å²) >= 11 is 0.